The Labute approximate surface area is 101 Å². The fourth-order valence-electron chi connectivity index (χ4n) is 1.30. The Balaban J connectivity index is 2.65. The molecule has 4 N–H and O–H groups in total. The van der Waals surface area contributed by atoms with Crippen molar-refractivity contribution >= 4 is 23.2 Å². The number of carbonyl (C=O) groups excluding carboxylic acids is 1. The predicted molar refractivity (Wildman–Crippen MR) is 71.1 cm³/mol. The zero-order valence-electron chi connectivity index (χ0n) is 10.3. The number of rotatable bonds is 3. The zero-order valence-corrected chi connectivity index (χ0v) is 10.3. The van der Waals surface area contributed by atoms with Crippen LogP contribution in [0.2, 0.25) is 0 Å². The van der Waals surface area contributed by atoms with Gasteiger partial charge in [-0.25, -0.2) is 0 Å². The summed E-state index contributed by atoms with van der Waals surface area (Å²) in [7, 11) is 0. The molecular weight excluding hydrogens is 216 g/mol. The second kappa shape index (κ2) is 5.89. The fourth-order valence-corrected chi connectivity index (χ4v) is 1.30. The molecule has 0 saturated heterocycles. The fraction of sp³-hybridized carbons (Fsp3) is 0.333. The van der Waals surface area contributed by atoms with Crippen LogP contribution in [-0.4, -0.2) is 17.9 Å². The van der Waals surface area contributed by atoms with Crippen LogP contribution < -0.4 is 16.4 Å². The van der Waals surface area contributed by atoms with Crippen molar-refractivity contribution in [3.8, 4) is 0 Å². The topological polar surface area (TPSA) is 79.5 Å². The van der Waals surface area contributed by atoms with Crippen LogP contribution in [0.1, 0.15) is 20.8 Å². The quantitative estimate of drug-likeness (QED) is 0.551. The lowest BCUT2D eigenvalue weighted by molar-refractivity contribution is -0.114. The lowest BCUT2D eigenvalue weighted by atomic mass is 10.3. The summed E-state index contributed by atoms with van der Waals surface area (Å²) < 4.78 is 0. The number of nitrogens with one attached hydrogen (secondary N) is 2. The smallest absolute Gasteiger partial charge is 0.221 e. The van der Waals surface area contributed by atoms with Crippen LogP contribution in [0.25, 0.3) is 0 Å². The highest BCUT2D eigenvalue weighted by Crippen LogP contribution is 2.13. The highest BCUT2D eigenvalue weighted by atomic mass is 16.1. The maximum atomic E-state index is 10.8. The third-order valence-corrected chi connectivity index (χ3v) is 1.87. The summed E-state index contributed by atoms with van der Waals surface area (Å²) in [5, 5.41) is 5.66. The number of aliphatic imine (C=N–C) groups is 1. The number of benzene rings is 1. The van der Waals surface area contributed by atoms with Gasteiger partial charge in [0.2, 0.25) is 5.91 Å². The van der Waals surface area contributed by atoms with E-state index >= 15 is 0 Å². The number of nitrogens with two attached hydrogens (primary N) is 1. The first-order chi connectivity index (χ1) is 7.97. The average Bonchev–Trinajstić information content (AvgIpc) is 2.18. The number of carbonyl (C=O) groups is 1. The molecule has 0 atom stereocenters. The van der Waals surface area contributed by atoms with Gasteiger partial charge >= 0.3 is 0 Å². The van der Waals surface area contributed by atoms with Gasteiger partial charge in [0.15, 0.2) is 5.96 Å². The summed E-state index contributed by atoms with van der Waals surface area (Å²) in [5.41, 5.74) is 7.28. The van der Waals surface area contributed by atoms with Gasteiger partial charge in [-0.15, -0.1) is 0 Å². The molecule has 0 aliphatic rings. The van der Waals surface area contributed by atoms with Gasteiger partial charge in [0.05, 0.1) is 0 Å². The number of hydrogen-bond donors (Lipinski definition) is 3. The summed E-state index contributed by atoms with van der Waals surface area (Å²) in [6.45, 7) is 5.38. The van der Waals surface area contributed by atoms with Crippen molar-refractivity contribution in [1.29, 1.82) is 0 Å². The number of guanidine groups is 1. The van der Waals surface area contributed by atoms with E-state index in [-0.39, 0.29) is 11.9 Å². The van der Waals surface area contributed by atoms with E-state index in [1.165, 1.54) is 6.92 Å². The van der Waals surface area contributed by atoms with Gasteiger partial charge in [-0.1, -0.05) is 0 Å². The van der Waals surface area contributed by atoms with Crippen LogP contribution in [-0.2, 0) is 4.79 Å². The lowest BCUT2D eigenvalue weighted by Crippen LogP contribution is -2.23. The summed E-state index contributed by atoms with van der Waals surface area (Å²) in [5.74, 6) is 0.291. The Morgan fingerprint density at radius 2 is 1.65 bits per heavy atom. The van der Waals surface area contributed by atoms with Crippen LogP contribution in [0.3, 0.4) is 0 Å². The molecule has 1 aromatic carbocycles. The van der Waals surface area contributed by atoms with Gasteiger partial charge in [0.25, 0.3) is 0 Å². The SMILES string of the molecule is CC(=O)Nc1ccc(NC(N)=NC(C)C)cc1. The first-order valence-electron chi connectivity index (χ1n) is 5.45. The van der Waals surface area contributed by atoms with E-state index in [2.05, 4.69) is 15.6 Å². The number of nitrogens with zero attached hydrogens (tertiary/aromatic N) is 1. The van der Waals surface area contributed by atoms with Crippen LogP contribution in [0.5, 0.6) is 0 Å². The Morgan fingerprint density at radius 1 is 1.18 bits per heavy atom. The Hall–Kier alpha value is -2.04. The van der Waals surface area contributed by atoms with E-state index in [9.17, 15) is 4.79 Å². The van der Waals surface area contributed by atoms with Gasteiger partial charge in [-0.2, -0.15) is 0 Å². The zero-order chi connectivity index (χ0) is 12.8. The molecule has 17 heavy (non-hydrogen) atoms. The summed E-state index contributed by atoms with van der Waals surface area (Å²) in [6, 6.07) is 7.40. The number of anilines is 2. The molecule has 0 radical (unpaired) electrons. The average molecular weight is 234 g/mol. The third kappa shape index (κ3) is 5.01. The number of amides is 1. The molecule has 5 heteroatoms. The molecule has 1 rings (SSSR count). The van der Waals surface area contributed by atoms with Crippen molar-refractivity contribution in [2.45, 2.75) is 26.8 Å². The van der Waals surface area contributed by atoms with Gasteiger partial charge in [0, 0.05) is 24.3 Å². The minimum absolute atomic E-state index is 0.0911. The molecule has 1 aromatic rings. The highest BCUT2D eigenvalue weighted by Gasteiger charge is 1.98. The van der Waals surface area contributed by atoms with E-state index in [1.54, 1.807) is 12.1 Å². The van der Waals surface area contributed by atoms with E-state index < -0.39 is 0 Å². The molecule has 0 bridgehead atoms. The van der Waals surface area contributed by atoms with Crippen LogP contribution >= 0.6 is 0 Å². The second-order valence-electron chi connectivity index (χ2n) is 3.99. The van der Waals surface area contributed by atoms with E-state index in [0.29, 0.717) is 5.96 Å². The maximum absolute atomic E-state index is 10.8. The molecular formula is C12H18N4O. The van der Waals surface area contributed by atoms with Crippen LogP contribution in [0, 0.1) is 0 Å². The van der Waals surface area contributed by atoms with E-state index in [4.69, 9.17) is 5.73 Å². The largest absolute Gasteiger partial charge is 0.370 e. The molecule has 0 aliphatic heterocycles. The summed E-state index contributed by atoms with van der Waals surface area (Å²) in [6.07, 6.45) is 0. The van der Waals surface area contributed by atoms with Crippen LogP contribution in [0.4, 0.5) is 11.4 Å². The van der Waals surface area contributed by atoms with Crippen molar-refractivity contribution in [1.82, 2.24) is 0 Å². The van der Waals surface area contributed by atoms with E-state index in [0.717, 1.165) is 11.4 Å². The van der Waals surface area contributed by atoms with Crippen molar-refractivity contribution in [3.63, 3.8) is 0 Å². The van der Waals surface area contributed by atoms with Gasteiger partial charge in [-0.05, 0) is 38.1 Å². The standard InChI is InChI=1S/C12H18N4O/c1-8(2)14-12(13)16-11-6-4-10(5-7-11)15-9(3)17/h4-8H,1-3H3,(H,15,17)(H3,13,14,16). The molecule has 0 aliphatic carbocycles. The summed E-state index contributed by atoms with van der Waals surface area (Å²) >= 11 is 0. The minimum atomic E-state index is -0.0911. The molecule has 0 spiro atoms. The number of hydrogen-bond acceptors (Lipinski definition) is 2. The molecule has 0 heterocycles. The maximum Gasteiger partial charge on any atom is 0.221 e. The first kappa shape index (κ1) is 13.0. The minimum Gasteiger partial charge on any atom is -0.370 e. The van der Waals surface area contributed by atoms with E-state index in [1.807, 2.05) is 26.0 Å². The molecule has 0 aromatic heterocycles. The highest BCUT2D eigenvalue weighted by molar-refractivity contribution is 5.93. The molecule has 1 amide bonds. The molecule has 92 valence electrons. The van der Waals surface area contributed by atoms with Crippen molar-refractivity contribution in [2.75, 3.05) is 10.6 Å². The van der Waals surface area contributed by atoms with Gasteiger partial charge < -0.3 is 16.4 Å². The Morgan fingerprint density at radius 3 is 2.06 bits per heavy atom. The lowest BCUT2D eigenvalue weighted by Gasteiger charge is -2.08. The van der Waals surface area contributed by atoms with Crippen molar-refractivity contribution in [3.05, 3.63) is 24.3 Å². The van der Waals surface area contributed by atoms with Gasteiger partial charge in [0.1, 0.15) is 0 Å². The Kier molecular flexibility index (Phi) is 4.51. The van der Waals surface area contributed by atoms with Crippen molar-refractivity contribution in [2.24, 2.45) is 10.7 Å². The summed E-state index contributed by atoms with van der Waals surface area (Å²) in [4.78, 5) is 15.0. The third-order valence-electron chi connectivity index (χ3n) is 1.87. The Bertz CT molecular complexity index is 409. The molecule has 0 fully saturated rings. The monoisotopic (exact) mass is 234 g/mol. The second-order valence-corrected chi connectivity index (χ2v) is 3.99. The van der Waals surface area contributed by atoms with Gasteiger partial charge in [-0.3, -0.25) is 9.79 Å². The predicted octanol–water partition coefficient (Wildman–Crippen LogP) is 1.78. The normalized spacial score (nSPS) is 11.4. The van der Waals surface area contributed by atoms with Crippen molar-refractivity contribution < 1.29 is 4.79 Å². The first-order valence-corrected chi connectivity index (χ1v) is 5.45. The molecule has 0 unspecified atom stereocenters. The molecule has 5 nitrogen and oxygen atoms in total. The molecule has 0 saturated carbocycles. The van der Waals surface area contributed by atoms with Crippen LogP contribution in [0.15, 0.2) is 29.3 Å².